The van der Waals surface area contributed by atoms with Crippen LogP contribution in [0.5, 0.6) is 11.5 Å². The van der Waals surface area contributed by atoms with Crippen molar-refractivity contribution in [2.45, 2.75) is 79.0 Å². The molecule has 26 heteroatoms. The fourth-order valence-electron chi connectivity index (χ4n) is 6.75. The molecule has 66 heavy (non-hydrogen) atoms. The monoisotopic (exact) mass is 1050 g/mol. The Balaban J connectivity index is 1.33. The van der Waals surface area contributed by atoms with Gasteiger partial charge < -0.3 is 38.5 Å². The first-order valence-electron chi connectivity index (χ1n) is 20.6. The van der Waals surface area contributed by atoms with Crippen molar-refractivity contribution in [2.75, 3.05) is 52.4 Å². The fraction of sp³-hybridized carbons (Fsp3) is 0.500. The van der Waals surface area contributed by atoms with Gasteiger partial charge in [-0.2, -0.15) is 0 Å². The summed E-state index contributed by atoms with van der Waals surface area (Å²) in [4.78, 5) is 81.5. The second-order valence-corrected chi connectivity index (χ2v) is 18.8. The van der Waals surface area contributed by atoms with Gasteiger partial charge in [-0.1, -0.05) is 10.4 Å². The lowest BCUT2D eigenvalue weighted by molar-refractivity contribution is -0.385. The Morgan fingerprint density at radius 1 is 0.591 bits per heavy atom. The van der Waals surface area contributed by atoms with Gasteiger partial charge in [-0.05, 0) is 85.5 Å². The molecule has 0 radical (unpaired) electrons. The number of halogens is 2. The lowest BCUT2D eigenvalue weighted by Crippen LogP contribution is -2.52. The Hall–Kier alpha value is -6.44. The Morgan fingerprint density at radius 2 is 0.924 bits per heavy atom. The van der Waals surface area contributed by atoms with Crippen molar-refractivity contribution in [3.05, 3.63) is 77.0 Å². The largest absolute Gasteiger partial charge is 0.486 e. The second-order valence-electron chi connectivity index (χ2n) is 17.1. The van der Waals surface area contributed by atoms with Crippen LogP contribution in [-0.2, 0) is 45.4 Å². The maximum Gasteiger partial charge on any atom is 0.410 e. The average molecular weight is 1050 g/mol. The minimum Gasteiger partial charge on any atom is -0.486 e. The van der Waals surface area contributed by atoms with Crippen LogP contribution in [0.15, 0.2) is 45.3 Å². The van der Waals surface area contributed by atoms with Gasteiger partial charge in [0.15, 0.2) is 0 Å². The molecular formula is C40H48Br2N12O12. The summed E-state index contributed by atoms with van der Waals surface area (Å²) in [6.07, 6.45) is -0.985. The molecule has 354 valence electrons. The van der Waals surface area contributed by atoms with E-state index < -0.39 is 33.2 Å². The van der Waals surface area contributed by atoms with Crippen LogP contribution in [0.2, 0.25) is 0 Å². The number of nitro benzene ring substituents is 2. The number of carbonyl (C=O) groups excluding carboxylic acids is 4. The first-order chi connectivity index (χ1) is 31.1. The fourth-order valence-corrected chi connectivity index (χ4v) is 7.71. The highest BCUT2D eigenvalue weighted by Gasteiger charge is 2.33. The standard InChI is InChI=1S/C40H48Br2N12O12/c1-39(2,3)65-37(57)49-15-11-47(12-16-49)33(55)21-51-35(29(43-45-51)23-63-31-9-7-25(53(59)60)19-27(31)41)36-30(24-64-32-10-8-26(54(61)62)20-28(32)42)44-46-52(36)22-34(56)48-13-17-50(18-14-48)38(58)66-40(4,5)6/h7-10,19-20H,11-18,21-24H2,1-6H3. The van der Waals surface area contributed by atoms with Crippen molar-refractivity contribution >= 4 is 67.2 Å². The number of amides is 4. The van der Waals surface area contributed by atoms with Crippen molar-refractivity contribution in [2.24, 2.45) is 0 Å². The molecule has 2 aromatic carbocycles. The highest BCUT2D eigenvalue weighted by Crippen LogP contribution is 2.34. The highest BCUT2D eigenvalue weighted by molar-refractivity contribution is 9.11. The molecule has 2 aliphatic heterocycles. The van der Waals surface area contributed by atoms with Gasteiger partial charge in [-0.25, -0.2) is 19.0 Å². The SMILES string of the molecule is CC(C)(C)OC(=O)N1CCN(C(=O)Cn2nnc(COc3ccc([N+](=O)[O-])cc3Br)c2-c2c(COc3ccc([N+](=O)[O-])cc3Br)nnn2CC(=O)N2CCN(C(=O)OC(C)(C)C)CC2)CC1. The maximum absolute atomic E-state index is 14.0. The van der Waals surface area contributed by atoms with Crippen LogP contribution >= 0.6 is 31.9 Å². The van der Waals surface area contributed by atoms with E-state index in [1.54, 1.807) is 51.3 Å². The predicted octanol–water partition coefficient (Wildman–Crippen LogP) is 5.19. The van der Waals surface area contributed by atoms with Gasteiger partial charge in [-0.15, -0.1) is 10.2 Å². The molecule has 4 aromatic rings. The van der Waals surface area contributed by atoms with Gasteiger partial charge in [-0.3, -0.25) is 29.8 Å². The molecule has 2 saturated heterocycles. The van der Waals surface area contributed by atoms with Crippen LogP contribution in [0.3, 0.4) is 0 Å². The molecule has 6 rings (SSSR count). The van der Waals surface area contributed by atoms with E-state index in [9.17, 15) is 39.4 Å². The van der Waals surface area contributed by atoms with Crippen molar-refractivity contribution in [3.63, 3.8) is 0 Å². The Morgan fingerprint density at radius 3 is 1.23 bits per heavy atom. The molecular weight excluding hydrogens is 1000 g/mol. The lowest BCUT2D eigenvalue weighted by atomic mass is 10.2. The third-order valence-corrected chi connectivity index (χ3v) is 11.2. The van der Waals surface area contributed by atoms with Crippen LogP contribution in [-0.4, -0.2) is 147 Å². The highest BCUT2D eigenvalue weighted by atomic mass is 79.9. The van der Waals surface area contributed by atoms with E-state index in [0.717, 1.165) is 0 Å². The predicted molar refractivity (Wildman–Crippen MR) is 238 cm³/mol. The summed E-state index contributed by atoms with van der Waals surface area (Å²) in [6, 6.07) is 7.89. The summed E-state index contributed by atoms with van der Waals surface area (Å²) in [7, 11) is 0. The van der Waals surface area contributed by atoms with E-state index in [-0.39, 0.29) is 145 Å². The summed E-state index contributed by atoms with van der Waals surface area (Å²) in [5.41, 5.74) is -1.11. The number of carbonyl (C=O) groups is 4. The first kappa shape index (κ1) is 49.0. The number of ether oxygens (including phenoxy) is 4. The maximum atomic E-state index is 14.0. The van der Waals surface area contributed by atoms with E-state index in [0.29, 0.717) is 0 Å². The number of nitro groups is 2. The lowest BCUT2D eigenvalue weighted by Gasteiger charge is -2.35. The minimum atomic E-state index is -0.700. The molecule has 0 spiro atoms. The third kappa shape index (κ3) is 12.5. The number of non-ortho nitro benzene ring substituents is 2. The molecule has 2 aliphatic rings. The summed E-state index contributed by atoms with van der Waals surface area (Å²) in [5, 5.41) is 40.3. The smallest absolute Gasteiger partial charge is 0.410 e. The summed E-state index contributed by atoms with van der Waals surface area (Å²) in [6.45, 7) is 11.0. The van der Waals surface area contributed by atoms with Crippen LogP contribution in [0, 0.1) is 20.2 Å². The van der Waals surface area contributed by atoms with Crippen LogP contribution in [0.25, 0.3) is 11.4 Å². The molecule has 2 fully saturated rings. The van der Waals surface area contributed by atoms with Gasteiger partial charge in [0.25, 0.3) is 11.4 Å². The van der Waals surface area contributed by atoms with E-state index in [1.165, 1.54) is 55.6 Å². The number of nitrogens with zero attached hydrogens (tertiary/aromatic N) is 12. The molecule has 2 aromatic heterocycles. The quantitative estimate of drug-likeness (QED) is 0.123. The van der Waals surface area contributed by atoms with Gasteiger partial charge >= 0.3 is 12.2 Å². The van der Waals surface area contributed by atoms with E-state index in [2.05, 4.69) is 52.5 Å². The van der Waals surface area contributed by atoms with Crippen molar-refractivity contribution in [1.82, 2.24) is 49.6 Å². The van der Waals surface area contributed by atoms with Gasteiger partial charge in [0.2, 0.25) is 11.8 Å². The Kier molecular flexibility index (Phi) is 15.1. The number of aromatic nitrogens is 6. The minimum absolute atomic E-state index is 0.155. The third-order valence-electron chi connectivity index (χ3n) is 9.95. The molecule has 0 unspecified atom stereocenters. The molecule has 0 atom stereocenters. The van der Waals surface area contributed by atoms with Gasteiger partial charge in [0.1, 0.15) is 71.8 Å². The van der Waals surface area contributed by atoms with Crippen LogP contribution in [0.4, 0.5) is 21.0 Å². The first-order valence-corrected chi connectivity index (χ1v) is 22.2. The number of rotatable bonds is 13. The normalized spacial score (nSPS) is 14.5. The zero-order valence-electron chi connectivity index (χ0n) is 37.0. The van der Waals surface area contributed by atoms with Gasteiger partial charge in [0, 0.05) is 76.6 Å². The molecule has 0 N–H and O–H groups in total. The topological polar surface area (TPSA) is 266 Å². The summed E-state index contributed by atoms with van der Waals surface area (Å²) < 4.78 is 26.4. The Labute approximate surface area is 394 Å². The number of hydrogen-bond donors (Lipinski definition) is 0. The van der Waals surface area contributed by atoms with E-state index >= 15 is 0 Å². The van der Waals surface area contributed by atoms with E-state index in [4.69, 9.17) is 18.9 Å². The van der Waals surface area contributed by atoms with E-state index in [1.807, 2.05) is 0 Å². The molecule has 0 saturated carbocycles. The number of benzene rings is 2. The summed E-state index contributed by atoms with van der Waals surface area (Å²) >= 11 is 6.65. The van der Waals surface area contributed by atoms with Crippen molar-refractivity contribution in [1.29, 1.82) is 0 Å². The molecule has 24 nitrogen and oxygen atoms in total. The molecule has 0 aliphatic carbocycles. The Bertz CT molecular complexity index is 2320. The zero-order chi connectivity index (χ0) is 48.1. The van der Waals surface area contributed by atoms with Crippen LogP contribution in [0.1, 0.15) is 52.9 Å². The average Bonchev–Trinajstić information content (AvgIpc) is 3.83. The number of hydrogen-bond acceptors (Lipinski definition) is 16. The molecule has 4 heterocycles. The van der Waals surface area contributed by atoms with Gasteiger partial charge in [0.05, 0.1) is 18.8 Å². The van der Waals surface area contributed by atoms with Crippen molar-refractivity contribution < 1.29 is 48.0 Å². The summed E-state index contributed by atoms with van der Waals surface area (Å²) in [5.74, 6) is -0.305. The van der Waals surface area contributed by atoms with Crippen LogP contribution < -0.4 is 9.47 Å². The second kappa shape index (κ2) is 20.4. The molecule has 0 bridgehead atoms. The molecule has 4 amide bonds. The van der Waals surface area contributed by atoms with Crippen molar-refractivity contribution in [3.8, 4) is 22.9 Å². The number of piperazine rings is 2. The zero-order valence-corrected chi connectivity index (χ0v) is 40.1.